The Balaban J connectivity index is 1.84. The highest BCUT2D eigenvalue weighted by atomic mass is 16.5. The maximum absolute atomic E-state index is 6.00. The van der Waals surface area contributed by atoms with Crippen molar-refractivity contribution in [1.29, 1.82) is 0 Å². The summed E-state index contributed by atoms with van der Waals surface area (Å²) in [4.78, 5) is 0. The van der Waals surface area contributed by atoms with Gasteiger partial charge in [0.25, 0.3) is 0 Å². The average molecular weight is 263 g/mol. The van der Waals surface area contributed by atoms with Gasteiger partial charge < -0.3 is 14.8 Å². The highest BCUT2D eigenvalue weighted by molar-refractivity contribution is 5.19. The third-order valence-electron chi connectivity index (χ3n) is 3.76. The molecule has 0 aliphatic carbocycles. The van der Waals surface area contributed by atoms with Crippen molar-refractivity contribution in [3.63, 3.8) is 0 Å². The lowest BCUT2D eigenvalue weighted by atomic mass is 10.0. The van der Waals surface area contributed by atoms with Crippen LogP contribution in [0.5, 0.6) is 0 Å². The SMILES string of the molecule is CNC(c1ccccc1)C(C)OCC1CCCCO1. The molecule has 0 amide bonds. The molecule has 3 heteroatoms. The van der Waals surface area contributed by atoms with E-state index in [9.17, 15) is 0 Å². The smallest absolute Gasteiger partial charge is 0.0808 e. The maximum Gasteiger partial charge on any atom is 0.0808 e. The molecule has 1 aliphatic heterocycles. The van der Waals surface area contributed by atoms with Crippen LogP contribution in [-0.4, -0.2) is 32.5 Å². The summed E-state index contributed by atoms with van der Waals surface area (Å²) in [7, 11) is 1.98. The van der Waals surface area contributed by atoms with E-state index in [0.29, 0.717) is 6.61 Å². The Bertz CT molecular complexity index is 349. The zero-order valence-electron chi connectivity index (χ0n) is 12.0. The lowest BCUT2D eigenvalue weighted by Crippen LogP contribution is -2.33. The van der Waals surface area contributed by atoms with Gasteiger partial charge in [-0.05, 0) is 38.8 Å². The lowest BCUT2D eigenvalue weighted by Gasteiger charge is -2.28. The van der Waals surface area contributed by atoms with Gasteiger partial charge in [-0.2, -0.15) is 0 Å². The third-order valence-corrected chi connectivity index (χ3v) is 3.76. The largest absolute Gasteiger partial charge is 0.376 e. The van der Waals surface area contributed by atoms with E-state index in [1.165, 1.54) is 18.4 Å². The van der Waals surface area contributed by atoms with Crippen LogP contribution in [0.2, 0.25) is 0 Å². The lowest BCUT2D eigenvalue weighted by molar-refractivity contribution is -0.0660. The number of hydrogen-bond donors (Lipinski definition) is 1. The molecule has 1 saturated heterocycles. The second-order valence-electron chi connectivity index (χ2n) is 5.20. The number of likely N-dealkylation sites (N-methyl/N-ethyl adjacent to an activating group) is 1. The summed E-state index contributed by atoms with van der Waals surface area (Å²) in [6.45, 7) is 3.71. The molecule has 19 heavy (non-hydrogen) atoms. The zero-order valence-corrected chi connectivity index (χ0v) is 12.0. The van der Waals surface area contributed by atoms with Crippen molar-refractivity contribution >= 4 is 0 Å². The van der Waals surface area contributed by atoms with Crippen molar-refractivity contribution in [3.05, 3.63) is 35.9 Å². The highest BCUT2D eigenvalue weighted by Gasteiger charge is 2.20. The molecule has 0 bridgehead atoms. The first-order valence-corrected chi connectivity index (χ1v) is 7.26. The summed E-state index contributed by atoms with van der Waals surface area (Å²) in [6.07, 6.45) is 4.00. The Hall–Kier alpha value is -0.900. The fraction of sp³-hybridized carbons (Fsp3) is 0.625. The number of ether oxygens (including phenoxy) is 2. The molecular formula is C16H25NO2. The van der Waals surface area contributed by atoms with Crippen LogP contribution in [-0.2, 0) is 9.47 Å². The summed E-state index contributed by atoms with van der Waals surface area (Å²) in [5, 5.41) is 3.34. The van der Waals surface area contributed by atoms with Gasteiger partial charge in [0.2, 0.25) is 0 Å². The van der Waals surface area contributed by atoms with Crippen molar-refractivity contribution in [2.75, 3.05) is 20.3 Å². The molecule has 1 aromatic carbocycles. The molecule has 2 rings (SSSR count). The minimum absolute atomic E-state index is 0.137. The highest BCUT2D eigenvalue weighted by Crippen LogP contribution is 2.20. The summed E-state index contributed by atoms with van der Waals surface area (Å²) in [6, 6.07) is 10.7. The van der Waals surface area contributed by atoms with Crippen LogP contribution < -0.4 is 5.32 Å². The van der Waals surface area contributed by atoms with E-state index in [0.717, 1.165) is 13.0 Å². The Morgan fingerprint density at radius 2 is 2.11 bits per heavy atom. The predicted molar refractivity (Wildman–Crippen MR) is 77.2 cm³/mol. The van der Waals surface area contributed by atoms with E-state index in [1.807, 2.05) is 13.1 Å². The molecule has 3 nitrogen and oxygen atoms in total. The normalized spacial score (nSPS) is 22.9. The molecule has 106 valence electrons. The first-order chi connectivity index (χ1) is 9.31. The summed E-state index contributed by atoms with van der Waals surface area (Å²) >= 11 is 0. The van der Waals surface area contributed by atoms with Gasteiger partial charge in [0.1, 0.15) is 0 Å². The van der Waals surface area contributed by atoms with Gasteiger partial charge in [-0.1, -0.05) is 30.3 Å². The fourth-order valence-electron chi connectivity index (χ4n) is 2.63. The molecule has 1 fully saturated rings. The van der Waals surface area contributed by atoms with Gasteiger partial charge in [0, 0.05) is 6.61 Å². The molecule has 0 aromatic heterocycles. The van der Waals surface area contributed by atoms with Crippen molar-refractivity contribution in [3.8, 4) is 0 Å². The topological polar surface area (TPSA) is 30.5 Å². The summed E-state index contributed by atoms with van der Waals surface area (Å²) in [5.74, 6) is 0. The van der Waals surface area contributed by atoms with Gasteiger partial charge >= 0.3 is 0 Å². The molecular weight excluding hydrogens is 238 g/mol. The average Bonchev–Trinajstić information content (AvgIpc) is 2.48. The van der Waals surface area contributed by atoms with E-state index in [-0.39, 0.29) is 18.2 Å². The molecule has 1 aromatic rings. The van der Waals surface area contributed by atoms with Crippen LogP contribution in [0.3, 0.4) is 0 Å². The molecule has 1 heterocycles. The molecule has 1 aliphatic rings. The molecule has 0 saturated carbocycles. The monoisotopic (exact) mass is 263 g/mol. The van der Waals surface area contributed by atoms with Gasteiger partial charge in [-0.3, -0.25) is 0 Å². The van der Waals surface area contributed by atoms with Crippen LogP contribution in [0.4, 0.5) is 0 Å². The third kappa shape index (κ3) is 4.30. The van der Waals surface area contributed by atoms with Crippen LogP contribution in [0.15, 0.2) is 30.3 Å². The molecule has 3 atom stereocenters. The second-order valence-corrected chi connectivity index (χ2v) is 5.20. The molecule has 3 unspecified atom stereocenters. The van der Waals surface area contributed by atoms with Crippen molar-refractivity contribution in [1.82, 2.24) is 5.32 Å². The van der Waals surface area contributed by atoms with E-state index < -0.39 is 0 Å². The Morgan fingerprint density at radius 1 is 1.32 bits per heavy atom. The fourth-order valence-corrected chi connectivity index (χ4v) is 2.63. The summed E-state index contributed by atoms with van der Waals surface area (Å²) < 4.78 is 11.7. The molecule has 0 radical (unpaired) electrons. The van der Waals surface area contributed by atoms with Crippen LogP contribution in [0.1, 0.15) is 37.8 Å². The maximum atomic E-state index is 6.00. The Labute approximate surface area is 116 Å². The Kier molecular flexibility index (Phi) is 5.83. The number of rotatable bonds is 6. The Morgan fingerprint density at radius 3 is 2.74 bits per heavy atom. The quantitative estimate of drug-likeness (QED) is 0.856. The van der Waals surface area contributed by atoms with Crippen molar-refractivity contribution in [2.45, 2.75) is 44.4 Å². The minimum Gasteiger partial charge on any atom is -0.376 e. The predicted octanol–water partition coefficient (Wildman–Crippen LogP) is 2.92. The summed E-state index contributed by atoms with van der Waals surface area (Å²) in [5.41, 5.74) is 1.27. The van der Waals surface area contributed by atoms with Crippen molar-refractivity contribution < 1.29 is 9.47 Å². The minimum atomic E-state index is 0.137. The number of hydrogen-bond acceptors (Lipinski definition) is 3. The molecule has 1 N–H and O–H groups in total. The van der Waals surface area contributed by atoms with Gasteiger partial charge in [0.15, 0.2) is 0 Å². The zero-order chi connectivity index (χ0) is 13.5. The van der Waals surface area contributed by atoms with E-state index in [1.54, 1.807) is 0 Å². The van der Waals surface area contributed by atoms with Crippen LogP contribution in [0, 0.1) is 0 Å². The second kappa shape index (κ2) is 7.63. The van der Waals surface area contributed by atoms with Crippen LogP contribution in [0.25, 0.3) is 0 Å². The van der Waals surface area contributed by atoms with E-state index in [2.05, 4.69) is 36.5 Å². The van der Waals surface area contributed by atoms with Gasteiger partial charge in [0.05, 0.1) is 24.9 Å². The first kappa shape index (κ1) is 14.5. The van der Waals surface area contributed by atoms with E-state index >= 15 is 0 Å². The van der Waals surface area contributed by atoms with Gasteiger partial charge in [-0.15, -0.1) is 0 Å². The van der Waals surface area contributed by atoms with Crippen LogP contribution >= 0.6 is 0 Å². The number of benzene rings is 1. The molecule has 0 spiro atoms. The number of nitrogens with one attached hydrogen (secondary N) is 1. The van der Waals surface area contributed by atoms with Gasteiger partial charge in [-0.25, -0.2) is 0 Å². The first-order valence-electron chi connectivity index (χ1n) is 7.26. The van der Waals surface area contributed by atoms with E-state index in [4.69, 9.17) is 9.47 Å². The standard InChI is InChI=1S/C16H25NO2/c1-13(19-12-15-10-6-7-11-18-15)16(17-2)14-8-4-3-5-9-14/h3-5,8-9,13,15-17H,6-7,10-12H2,1-2H3. The van der Waals surface area contributed by atoms with Crippen molar-refractivity contribution in [2.24, 2.45) is 0 Å².